The van der Waals surface area contributed by atoms with Crippen LogP contribution >= 0.6 is 0 Å². The van der Waals surface area contributed by atoms with E-state index in [0.29, 0.717) is 34.3 Å². The van der Waals surface area contributed by atoms with Crippen LogP contribution in [0.25, 0.3) is 22.2 Å². The first-order valence-corrected chi connectivity index (χ1v) is 10.0. The quantitative estimate of drug-likeness (QED) is 0.379. The number of anilines is 1. The van der Waals surface area contributed by atoms with Gasteiger partial charge in [0.2, 0.25) is 0 Å². The number of hydrogen-bond donors (Lipinski definition) is 2. The standard InChI is InChI=1S/C23H24N6O/c1-3-4-13-25-23(30)19-20-22(28-18-8-6-5-7-17(18)27-20)29(21(19)24)26-14-16-11-9-15(2)10-12-16/h5-12,14H,3-4,13,24H2,1-2H3,(H,25,30). The second-order valence-corrected chi connectivity index (χ2v) is 7.22. The highest BCUT2D eigenvalue weighted by molar-refractivity contribution is 6.10. The molecule has 4 aromatic rings. The summed E-state index contributed by atoms with van der Waals surface area (Å²) in [4.78, 5) is 22.3. The lowest BCUT2D eigenvalue weighted by atomic mass is 10.2. The molecule has 0 atom stereocenters. The number of para-hydroxylation sites is 2. The number of amides is 1. The first-order valence-electron chi connectivity index (χ1n) is 10.0. The van der Waals surface area contributed by atoms with Gasteiger partial charge < -0.3 is 11.1 Å². The van der Waals surface area contributed by atoms with Crippen LogP contribution < -0.4 is 11.1 Å². The van der Waals surface area contributed by atoms with Gasteiger partial charge in [0.15, 0.2) is 5.65 Å². The number of nitrogens with one attached hydrogen (secondary N) is 1. The van der Waals surface area contributed by atoms with E-state index in [1.54, 1.807) is 6.21 Å². The molecule has 3 N–H and O–H groups in total. The molecule has 0 bridgehead atoms. The molecule has 7 nitrogen and oxygen atoms in total. The van der Waals surface area contributed by atoms with Crippen molar-refractivity contribution in [1.82, 2.24) is 20.0 Å². The molecule has 0 aliphatic carbocycles. The minimum atomic E-state index is -0.264. The van der Waals surface area contributed by atoms with Gasteiger partial charge in [-0.05, 0) is 31.0 Å². The van der Waals surface area contributed by atoms with Crippen LogP contribution in [-0.4, -0.2) is 33.3 Å². The molecule has 0 saturated heterocycles. The summed E-state index contributed by atoms with van der Waals surface area (Å²) in [5.74, 6) is -0.0440. The van der Waals surface area contributed by atoms with Gasteiger partial charge in [0.05, 0.1) is 17.2 Å². The largest absolute Gasteiger partial charge is 0.383 e. The molecule has 30 heavy (non-hydrogen) atoms. The number of aromatic nitrogens is 3. The Morgan fingerprint density at radius 3 is 2.53 bits per heavy atom. The number of nitrogens with two attached hydrogens (primary N) is 1. The third kappa shape index (κ3) is 3.74. The van der Waals surface area contributed by atoms with E-state index in [1.165, 1.54) is 10.2 Å². The summed E-state index contributed by atoms with van der Waals surface area (Å²) in [5, 5.41) is 7.45. The lowest BCUT2D eigenvalue weighted by molar-refractivity contribution is 0.0955. The van der Waals surface area contributed by atoms with E-state index in [0.717, 1.165) is 18.4 Å². The van der Waals surface area contributed by atoms with Crippen LogP contribution in [0.5, 0.6) is 0 Å². The molecule has 0 fully saturated rings. The normalized spacial score (nSPS) is 11.5. The second-order valence-electron chi connectivity index (χ2n) is 7.22. The van der Waals surface area contributed by atoms with Gasteiger partial charge in [-0.2, -0.15) is 9.78 Å². The Morgan fingerprint density at radius 2 is 1.83 bits per heavy atom. The molecule has 4 rings (SSSR count). The molecule has 2 heterocycles. The Bertz CT molecular complexity index is 1240. The van der Waals surface area contributed by atoms with Gasteiger partial charge in [0, 0.05) is 6.54 Å². The van der Waals surface area contributed by atoms with Crippen LogP contribution in [0.3, 0.4) is 0 Å². The second kappa shape index (κ2) is 8.32. The Morgan fingerprint density at radius 1 is 1.13 bits per heavy atom. The maximum absolute atomic E-state index is 12.9. The summed E-state index contributed by atoms with van der Waals surface area (Å²) in [6, 6.07) is 15.5. The molecule has 0 saturated carbocycles. The van der Waals surface area contributed by atoms with Crippen molar-refractivity contribution in [1.29, 1.82) is 0 Å². The number of nitrogens with zero attached hydrogens (tertiary/aromatic N) is 4. The highest BCUT2D eigenvalue weighted by Gasteiger charge is 2.23. The Kier molecular flexibility index (Phi) is 5.43. The summed E-state index contributed by atoms with van der Waals surface area (Å²) in [6.45, 7) is 4.68. The zero-order valence-electron chi connectivity index (χ0n) is 17.1. The van der Waals surface area contributed by atoms with E-state index in [4.69, 9.17) is 10.7 Å². The smallest absolute Gasteiger partial charge is 0.257 e. The first-order chi connectivity index (χ1) is 14.6. The minimum absolute atomic E-state index is 0.220. The van der Waals surface area contributed by atoms with Gasteiger partial charge in [0.25, 0.3) is 5.91 Å². The van der Waals surface area contributed by atoms with Crippen LogP contribution in [0.4, 0.5) is 5.82 Å². The molecule has 0 aliphatic heterocycles. The van der Waals surface area contributed by atoms with Crippen LogP contribution in [-0.2, 0) is 0 Å². The maximum Gasteiger partial charge on any atom is 0.257 e. The van der Waals surface area contributed by atoms with Gasteiger partial charge in [-0.3, -0.25) is 4.79 Å². The average Bonchev–Trinajstić information content (AvgIpc) is 3.02. The zero-order valence-corrected chi connectivity index (χ0v) is 17.1. The molecule has 7 heteroatoms. The molecule has 2 aromatic carbocycles. The fraction of sp³-hybridized carbons (Fsp3) is 0.217. The van der Waals surface area contributed by atoms with Crippen molar-refractivity contribution in [3.63, 3.8) is 0 Å². The number of rotatable bonds is 6. The monoisotopic (exact) mass is 400 g/mol. The SMILES string of the molecule is CCCCNC(=O)c1c(N)n(N=Cc2ccc(C)cc2)c2nc3ccccc3nc12. The van der Waals surface area contributed by atoms with Crippen LogP contribution in [0.15, 0.2) is 53.6 Å². The highest BCUT2D eigenvalue weighted by Crippen LogP contribution is 2.27. The number of aryl methyl sites for hydroxylation is 1. The fourth-order valence-corrected chi connectivity index (χ4v) is 3.23. The van der Waals surface area contributed by atoms with Crippen molar-refractivity contribution < 1.29 is 4.79 Å². The summed E-state index contributed by atoms with van der Waals surface area (Å²) >= 11 is 0. The number of carbonyl (C=O) groups excluding carboxylic acids is 1. The topological polar surface area (TPSA) is 98.2 Å². The van der Waals surface area contributed by atoms with Gasteiger partial charge >= 0.3 is 0 Å². The number of hydrogen-bond acceptors (Lipinski definition) is 5. The summed E-state index contributed by atoms with van der Waals surface area (Å²) < 4.78 is 1.49. The maximum atomic E-state index is 12.9. The predicted octanol–water partition coefficient (Wildman–Crippen LogP) is 3.89. The molecule has 2 aromatic heterocycles. The van der Waals surface area contributed by atoms with Crippen LogP contribution in [0.2, 0.25) is 0 Å². The number of carbonyl (C=O) groups is 1. The minimum Gasteiger partial charge on any atom is -0.383 e. The molecule has 0 spiro atoms. The van der Waals surface area contributed by atoms with Crippen molar-refractivity contribution in [3.8, 4) is 0 Å². The molecule has 0 unspecified atom stereocenters. The Labute approximate surface area is 174 Å². The van der Waals surface area contributed by atoms with Crippen LogP contribution in [0.1, 0.15) is 41.3 Å². The molecule has 152 valence electrons. The Balaban J connectivity index is 1.85. The van der Waals surface area contributed by atoms with Gasteiger partial charge in [-0.25, -0.2) is 9.97 Å². The van der Waals surface area contributed by atoms with E-state index in [9.17, 15) is 4.79 Å². The van der Waals surface area contributed by atoms with Gasteiger partial charge in [0.1, 0.15) is 16.9 Å². The van der Waals surface area contributed by atoms with Crippen molar-refractivity contribution in [2.45, 2.75) is 26.7 Å². The number of unbranched alkanes of at least 4 members (excludes halogenated alkanes) is 1. The van der Waals surface area contributed by atoms with E-state index >= 15 is 0 Å². The van der Waals surface area contributed by atoms with Gasteiger partial charge in [-0.15, -0.1) is 0 Å². The summed E-state index contributed by atoms with van der Waals surface area (Å²) in [5.41, 5.74) is 11.1. The zero-order chi connectivity index (χ0) is 21.1. The lowest BCUT2D eigenvalue weighted by Gasteiger charge is -2.04. The van der Waals surface area contributed by atoms with Crippen molar-refractivity contribution >= 4 is 40.1 Å². The first kappa shape index (κ1) is 19.6. The van der Waals surface area contributed by atoms with Crippen molar-refractivity contribution in [2.24, 2.45) is 5.10 Å². The van der Waals surface area contributed by atoms with E-state index in [2.05, 4.69) is 22.3 Å². The number of fused-ring (bicyclic) bond motifs is 2. The number of benzene rings is 2. The average molecular weight is 400 g/mol. The molecule has 0 aliphatic rings. The molecule has 1 amide bonds. The number of nitrogen functional groups attached to an aromatic ring is 1. The van der Waals surface area contributed by atoms with E-state index in [1.807, 2.05) is 55.5 Å². The predicted molar refractivity (Wildman–Crippen MR) is 121 cm³/mol. The molecular weight excluding hydrogens is 376 g/mol. The van der Waals surface area contributed by atoms with Gasteiger partial charge in [-0.1, -0.05) is 55.3 Å². The van der Waals surface area contributed by atoms with Crippen LogP contribution in [0, 0.1) is 6.92 Å². The third-order valence-electron chi connectivity index (χ3n) is 4.92. The summed E-state index contributed by atoms with van der Waals surface area (Å²) in [6.07, 6.45) is 3.58. The molecule has 0 radical (unpaired) electrons. The lowest BCUT2D eigenvalue weighted by Crippen LogP contribution is -2.25. The highest BCUT2D eigenvalue weighted by atomic mass is 16.1. The van der Waals surface area contributed by atoms with Crippen molar-refractivity contribution in [3.05, 3.63) is 65.2 Å². The Hall–Kier alpha value is -3.74. The fourth-order valence-electron chi connectivity index (χ4n) is 3.23. The summed E-state index contributed by atoms with van der Waals surface area (Å²) in [7, 11) is 0. The van der Waals surface area contributed by atoms with Crippen molar-refractivity contribution in [2.75, 3.05) is 12.3 Å². The molecular formula is C23H24N6O. The van der Waals surface area contributed by atoms with E-state index < -0.39 is 0 Å². The third-order valence-corrected chi connectivity index (χ3v) is 4.92. The van der Waals surface area contributed by atoms with E-state index in [-0.39, 0.29) is 11.7 Å².